The summed E-state index contributed by atoms with van der Waals surface area (Å²) in [5.41, 5.74) is 1.44. The summed E-state index contributed by atoms with van der Waals surface area (Å²) in [5.74, 6) is 2.41. The third kappa shape index (κ3) is 2.27. The van der Waals surface area contributed by atoms with E-state index in [-0.39, 0.29) is 0 Å². The Morgan fingerprint density at radius 2 is 2.14 bits per heavy atom. The highest BCUT2D eigenvalue weighted by molar-refractivity contribution is 5.25. The van der Waals surface area contributed by atoms with E-state index >= 15 is 0 Å². The summed E-state index contributed by atoms with van der Waals surface area (Å²) < 4.78 is 0. The van der Waals surface area contributed by atoms with Gasteiger partial charge in [-0.2, -0.15) is 0 Å². The predicted octanol–water partition coefficient (Wildman–Crippen LogP) is 3.00. The van der Waals surface area contributed by atoms with Crippen molar-refractivity contribution in [2.75, 3.05) is 7.05 Å². The standard InChI is InChI=1S/C13H23N/c1-6-11(7-2)13-8-12(13)9(3)10(4)14-5/h6-7,9-10,12-14H,1,8H2,2-5H3/b11-7-/t9?,10-,12?,13?/m1/s1. The first kappa shape index (κ1) is 11.5. The molecule has 0 aromatic heterocycles. The van der Waals surface area contributed by atoms with E-state index in [2.05, 4.69) is 38.7 Å². The predicted molar refractivity (Wildman–Crippen MR) is 63.2 cm³/mol. The van der Waals surface area contributed by atoms with Crippen molar-refractivity contribution in [1.82, 2.24) is 5.32 Å². The van der Waals surface area contributed by atoms with Crippen LogP contribution in [0.15, 0.2) is 24.3 Å². The molecule has 1 aliphatic carbocycles. The molecule has 1 rings (SSSR count). The zero-order valence-electron chi connectivity index (χ0n) is 9.88. The van der Waals surface area contributed by atoms with Crippen LogP contribution in [0.1, 0.15) is 27.2 Å². The maximum absolute atomic E-state index is 3.87. The van der Waals surface area contributed by atoms with Crippen molar-refractivity contribution in [2.45, 2.75) is 33.2 Å². The number of rotatable bonds is 5. The van der Waals surface area contributed by atoms with Gasteiger partial charge in [-0.05, 0) is 50.6 Å². The Kier molecular flexibility index (Phi) is 3.94. The van der Waals surface area contributed by atoms with Crippen molar-refractivity contribution in [1.29, 1.82) is 0 Å². The van der Waals surface area contributed by atoms with E-state index in [1.807, 2.05) is 13.1 Å². The van der Waals surface area contributed by atoms with Gasteiger partial charge in [-0.25, -0.2) is 0 Å². The monoisotopic (exact) mass is 193 g/mol. The zero-order chi connectivity index (χ0) is 10.7. The SMILES string of the molecule is C=C/C(=C/C)C1CC1C(C)[C@@H](C)NC. The molecule has 0 amide bonds. The second-order valence-corrected chi connectivity index (χ2v) is 4.44. The van der Waals surface area contributed by atoms with Crippen LogP contribution in [0.25, 0.3) is 0 Å². The van der Waals surface area contributed by atoms with E-state index in [1.165, 1.54) is 12.0 Å². The number of nitrogens with one attached hydrogen (secondary N) is 1. The van der Waals surface area contributed by atoms with Crippen LogP contribution in [0.5, 0.6) is 0 Å². The van der Waals surface area contributed by atoms with Gasteiger partial charge in [0.05, 0.1) is 0 Å². The molecule has 1 aliphatic rings. The minimum absolute atomic E-state index is 0.618. The third-order valence-electron chi connectivity index (χ3n) is 3.76. The van der Waals surface area contributed by atoms with Gasteiger partial charge in [-0.3, -0.25) is 0 Å². The Hall–Kier alpha value is -0.560. The lowest BCUT2D eigenvalue weighted by atomic mass is 9.95. The van der Waals surface area contributed by atoms with Gasteiger partial charge in [0, 0.05) is 6.04 Å². The quantitative estimate of drug-likeness (QED) is 0.662. The van der Waals surface area contributed by atoms with Crippen LogP contribution in [-0.2, 0) is 0 Å². The molecule has 1 N–H and O–H groups in total. The summed E-state index contributed by atoms with van der Waals surface area (Å²) in [6.07, 6.45) is 5.56. The Morgan fingerprint density at radius 1 is 1.50 bits per heavy atom. The maximum atomic E-state index is 3.87. The topological polar surface area (TPSA) is 12.0 Å². The van der Waals surface area contributed by atoms with E-state index < -0.39 is 0 Å². The largest absolute Gasteiger partial charge is 0.317 e. The Labute approximate surface area is 88.3 Å². The molecule has 1 saturated carbocycles. The molecule has 0 bridgehead atoms. The van der Waals surface area contributed by atoms with E-state index in [1.54, 1.807) is 0 Å². The van der Waals surface area contributed by atoms with E-state index in [0.717, 1.165) is 17.8 Å². The summed E-state index contributed by atoms with van der Waals surface area (Å²) in [6.45, 7) is 10.6. The van der Waals surface area contributed by atoms with Gasteiger partial charge in [0.15, 0.2) is 0 Å². The molecular weight excluding hydrogens is 170 g/mol. The van der Waals surface area contributed by atoms with E-state index in [0.29, 0.717) is 6.04 Å². The van der Waals surface area contributed by atoms with Crippen LogP contribution in [0.4, 0.5) is 0 Å². The first-order valence-corrected chi connectivity index (χ1v) is 5.61. The number of hydrogen-bond acceptors (Lipinski definition) is 1. The van der Waals surface area contributed by atoms with Gasteiger partial charge in [0.2, 0.25) is 0 Å². The van der Waals surface area contributed by atoms with E-state index in [4.69, 9.17) is 0 Å². The molecule has 0 spiro atoms. The maximum Gasteiger partial charge on any atom is 0.00642 e. The average molecular weight is 193 g/mol. The second-order valence-electron chi connectivity index (χ2n) is 4.44. The smallest absolute Gasteiger partial charge is 0.00642 e. The van der Waals surface area contributed by atoms with Crippen molar-refractivity contribution in [3.05, 3.63) is 24.3 Å². The van der Waals surface area contributed by atoms with Gasteiger partial charge in [0.25, 0.3) is 0 Å². The third-order valence-corrected chi connectivity index (χ3v) is 3.76. The van der Waals surface area contributed by atoms with Gasteiger partial charge < -0.3 is 5.32 Å². The molecule has 1 heteroatoms. The fourth-order valence-corrected chi connectivity index (χ4v) is 2.30. The van der Waals surface area contributed by atoms with Crippen LogP contribution in [0.3, 0.4) is 0 Å². The molecule has 4 atom stereocenters. The normalized spacial score (nSPS) is 31.0. The minimum atomic E-state index is 0.618. The van der Waals surface area contributed by atoms with Crippen LogP contribution in [0, 0.1) is 17.8 Å². The van der Waals surface area contributed by atoms with Crippen LogP contribution < -0.4 is 5.32 Å². The van der Waals surface area contributed by atoms with Crippen LogP contribution in [-0.4, -0.2) is 13.1 Å². The highest BCUT2D eigenvalue weighted by Crippen LogP contribution is 2.49. The Bertz CT molecular complexity index is 229. The summed E-state index contributed by atoms with van der Waals surface area (Å²) in [7, 11) is 2.04. The van der Waals surface area contributed by atoms with Crippen molar-refractivity contribution in [3.63, 3.8) is 0 Å². The van der Waals surface area contributed by atoms with Crippen molar-refractivity contribution in [2.24, 2.45) is 17.8 Å². The molecule has 1 fully saturated rings. The zero-order valence-corrected chi connectivity index (χ0v) is 9.88. The molecule has 0 saturated heterocycles. The summed E-state index contributed by atoms with van der Waals surface area (Å²) in [6, 6.07) is 0.618. The number of hydrogen-bond donors (Lipinski definition) is 1. The number of allylic oxidation sites excluding steroid dienone is 3. The fourth-order valence-electron chi connectivity index (χ4n) is 2.30. The molecule has 1 nitrogen and oxygen atoms in total. The molecule has 3 unspecified atom stereocenters. The molecule has 0 heterocycles. The molecule has 80 valence electrons. The highest BCUT2D eigenvalue weighted by atomic mass is 14.9. The van der Waals surface area contributed by atoms with Gasteiger partial charge in [-0.1, -0.05) is 25.7 Å². The average Bonchev–Trinajstić information content (AvgIpc) is 2.97. The summed E-state index contributed by atoms with van der Waals surface area (Å²) in [4.78, 5) is 0. The molecule has 0 aromatic carbocycles. The molecular formula is C13H23N. The second kappa shape index (κ2) is 4.79. The van der Waals surface area contributed by atoms with E-state index in [9.17, 15) is 0 Å². The lowest BCUT2D eigenvalue weighted by Gasteiger charge is -2.19. The molecule has 0 radical (unpaired) electrons. The summed E-state index contributed by atoms with van der Waals surface area (Å²) in [5, 5.41) is 3.34. The highest BCUT2D eigenvalue weighted by Gasteiger charge is 2.43. The van der Waals surface area contributed by atoms with Crippen LogP contribution in [0.2, 0.25) is 0 Å². The van der Waals surface area contributed by atoms with Gasteiger partial charge >= 0.3 is 0 Å². The lowest BCUT2D eigenvalue weighted by molar-refractivity contribution is 0.372. The fraction of sp³-hybridized carbons (Fsp3) is 0.692. The first-order valence-electron chi connectivity index (χ1n) is 5.61. The molecule has 14 heavy (non-hydrogen) atoms. The van der Waals surface area contributed by atoms with Gasteiger partial charge in [0.1, 0.15) is 0 Å². The van der Waals surface area contributed by atoms with Crippen LogP contribution >= 0.6 is 0 Å². The van der Waals surface area contributed by atoms with Gasteiger partial charge in [-0.15, -0.1) is 0 Å². The Morgan fingerprint density at radius 3 is 2.57 bits per heavy atom. The first-order chi connectivity index (χ1) is 6.65. The van der Waals surface area contributed by atoms with Crippen molar-refractivity contribution < 1.29 is 0 Å². The Balaban J connectivity index is 2.49. The lowest BCUT2D eigenvalue weighted by Crippen LogP contribution is -2.30. The van der Waals surface area contributed by atoms with Crippen molar-refractivity contribution in [3.8, 4) is 0 Å². The summed E-state index contributed by atoms with van der Waals surface area (Å²) >= 11 is 0. The molecule has 0 aromatic rings. The van der Waals surface area contributed by atoms with Crippen molar-refractivity contribution >= 4 is 0 Å². The molecule has 0 aliphatic heterocycles. The minimum Gasteiger partial charge on any atom is -0.317 e.